The molecule has 3 aromatic rings. The lowest BCUT2D eigenvalue weighted by Gasteiger charge is -2.39. The molecule has 38 heavy (non-hydrogen) atoms. The molecule has 0 heterocycles. The molecule has 1 unspecified atom stereocenters. The van der Waals surface area contributed by atoms with Crippen molar-refractivity contribution >= 4 is 22.6 Å². The number of ether oxygens (including phenoxy) is 3. The van der Waals surface area contributed by atoms with E-state index in [0.717, 1.165) is 37.5 Å². The number of methoxy groups -OCH3 is 1. The molecule has 1 atom stereocenters. The van der Waals surface area contributed by atoms with E-state index in [2.05, 4.69) is 10.1 Å². The second-order valence-corrected chi connectivity index (χ2v) is 9.79. The number of nitrogens with one attached hydrogen (secondary N) is 1. The fraction of sp³-hybridized carbons (Fsp3) is 0.379. The van der Waals surface area contributed by atoms with Crippen LogP contribution in [-0.2, 0) is 16.1 Å². The van der Waals surface area contributed by atoms with Crippen LogP contribution in [0.3, 0.4) is 0 Å². The molecular weight excluding hydrogens is 499 g/mol. The number of benzene rings is 3. The van der Waals surface area contributed by atoms with Crippen LogP contribution >= 0.6 is 0 Å². The summed E-state index contributed by atoms with van der Waals surface area (Å²) in [6.07, 6.45) is -0.165. The summed E-state index contributed by atoms with van der Waals surface area (Å²) in [6.45, 7) is 2.00. The van der Waals surface area contributed by atoms with Crippen LogP contribution in [0.25, 0.3) is 10.8 Å². The summed E-state index contributed by atoms with van der Waals surface area (Å²) < 4.78 is 52.5. The van der Waals surface area contributed by atoms with E-state index in [1.807, 2.05) is 31.2 Å². The Hall–Kier alpha value is -3.75. The van der Waals surface area contributed by atoms with Crippen molar-refractivity contribution in [2.45, 2.75) is 58.0 Å². The van der Waals surface area contributed by atoms with Gasteiger partial charge in [-0.1, -0.05) is 68.7 Å². The highest BCUT2D eigenvalue weighted by atomic mass is 19.4. The number of amides is 1. The van der Waals surface area contributed by atoms with Crippen LogP contribution in [0.5, 0.6) is 11.5 Å². The minimum atomic E-state index is -4.78. The highest BCUT2D eigenvalue weighted by Crippen LogP contribution is 2.40. The molecule has 0 bridgehead atoms. The van der Waals surface area contributed by atoms with Crippen molar-refractivity contribution in [3.8, 4) is 11.5 Å². The van der Waals surface area contributed by atoms with Crippen LogP contribution in [0.15, 0.2) is 60.7 Å². The molecule has 0 saturated heterocycles. The van der Waals surface area contributed by atoms with Crippen LogP contribution < -0.4 is 14.8 Å². The summed E-state index contributed by atoms with van der Waals surface area (Å²) in [4.78, 5) is 26.3. The summed E-state index contributed by atoms with van der Waals surface area (Å²) >= 11 is 0. The van der Waals surface area contributed by atoms with Gasteiger partial charge in [0.1, 0.15) is 24.1 Å². The first-order valence-electron chi connectivity index (χ1n) is 12.5. The zero-order valence-corrected chi connectivity index (χ0v) is 21.3. The van der Waals surface area contributed by atoms with E-state index in [1.54, 1.807) is 12.1 Å². The molecule has 202 valence electrons. The Morgan fingerprint density at radius 3 is 2.32 bits per heavy atom. The maximum absolute atomic E-state index is 13.6. The van der Waals surface area contributed by atoms with Crippen molar-refractivity contribution in [1.82, 2.24) is 5.32 Å². The Labute approximate surface area is 219 Å². The topological polar surface area (TPSA) is 73.9 Å². The second kappa shape index (κ2) is 11.3. The number of carbonyl (C=O) groups excluding carboxylic acids is 2. The third kappa shape index (κ3) is 6.38. The molecule has 0 aromatic heterocycles. The van der Waals surface area contributed by atoms with Crippen molar-refractivity contribution in [2.24, 2.45) is 5.41 Å². The van der Waals surface area contributed by atoms with Crippen molar-refractivity contribution < 1.29 is 37.0 Å². The van der Waals surface area contributed by atoms with Gasteiger partial charge in [-0.3, -0.25) is 4.79 Å². The first kappa shape index (κ1) is 27.3. The van der Waals surface area contributed by atoms with E-state index < -0.39 is 29.7 Å². The molecule has 6 nitrogen and oxygen atoms in total. The van der Waals surface area contributed by atoms with Crippen LogP contribution in [0, 0.1) is 5.41 Å². The molecule has 3 aromatic carbocycles. The third-order valence-corrected chi connectivity index (χ3v) is 7.07. The fourth-order valence-corrected chi connectivity index (χ4v) is 5.01. The molecule has 0 aliphatic heterocycles. The van der Waals surface area contributed by atoms with Crippen molar-refractivity contribution in [1.29, 1.82) is 0 Å². The van der Waals surface area contributed by atoms with E-state index in [0.29, 0.717) is 16.7 Å². The fourth-order valence-electron chi connectivity index (χ4n) is 5.01. The summed E-state index contributed by atoms with van der Waals surface area (Å²) in [5, 5.41) is 4.44. The minimum absolute atomic E-state index is 0.00126. The molecule has 0 spiro atoms. The maximum atomic E-state index is 13.6. The molecule has 0 radical (unpaired) electrons. The Morgan fingerprint density at radius 1 is 0.974 bits per heavy atom. The SMILES string of the molecule is COC(=O)C(NC(=O)c1ccc2ccccc2c1OCc1ccc(OC(F)(F)F)cc1)C1(C)CCCCC1. The minimum Gasteiger partial charge on any atom is -0.487 e. The summed E-state index contributed by atoms with van der Waals surface area (Å²) in [5.74, 6) is -0.987. The molecule has 9 heteroatoms. The van der Waals surface area contributed by atoms with Crippen molar-refractivity contribution in [2.75, 3.05) is 7.11 Å². The molecule has 1 N–H and O–H groups in total. The lowest BCUT2D eigenvalue weighted by molar-refractivity contribution is -0.274. The monoisotopic (exact) mass is 529 g/mol. The van der Waals surface area contributed by atoms with Gasteiger partial charge >= 0.3 is 12.3 Å². The number of rotatable bonds is 8. The molecule has 1 aliphatic carbocycles. The summed E-state index contributed by atoms with van der Waals surface area (Å²) in [7, 11) is 1.31. The van der Waals surface area contributed by atoms with Gasteiger partial charge in [0.2, 0.25) is 0 Å². The molecule has 1 fully saturated rings. The second-order valence-electron chi connectivity index (χ2n) is 9.79. The molecule has 1 amide bonds. The van der Waals surface area contributed by atoms with Gasteiger partial charge in [0, 0.05) is 5.39 Å². The largest absolute Gasteiger partial charge is 0.573 e. The van der Waals surface area contributed by atoms with Gasteiger partial charge in [0.05, 0.1) is 12.7 Å². The third-order valence-electron chi connectivity index (χ3n) is 7.07. The number of alkyl halides is 3. The van der Waals surface area contributed by atoms with E-state index >= 15 is 0 Å². The van der Waals surface area contributed by atoms with Gasteiger partial charge in [0.15, 0.2) is 0 Å². The van der Waals surface area contributed by atoms with E-state index in [9.17, 15) is 22.8 Å². The molecule has 1 aliphatic rings. The maximum Gasteiger partial charge on any atom is 0.573 e. The Balaban J connectivity index is 1.61. The predicted octanol–water partition coefficient (Wildman–Crippen LogP) is 6.56. The van der Waals surface area contributed by atoms with Crippen LogP contribution in [0.2, 0.25) is 0 Å². The van der Waals surface area contributed by atoms with E-state index in [-0.39, 0.29) is 17.9 Å². The first-order chi connectivity index (χ1) is 18.1. The van der Waals surface area contributed by atoms with Crippen LogP contribution in [0.4, 0.5) is 13.2 Å². The van der Waals surface area contributed by atoms with Crippen LogP contribution in [-0.4, -0.2) is 31.4 Å². The predicted molar refractivity (Wildman–Crippen MR) is 136 cm³/mol. The Bertz CT molecular complexity index is 1280. The Morgan fingerprint density at radius 2 is 1.66 bits per heavy atom. The first-order valence-corrected chi connectivity index (χ1v) is 12.5. The van der Waals surface area contributed by atoms with E-state index in [4.69, 9.17) is 9.47 Å². The van der Waals surface area contributed by atoms with Gasteiger partial charge < -0.3 is 19.5 Å². The standard InChI is InChI=1S/C29H30F3NO5/c1-28(16-6-3-7-17-28)25(27(35)36-2)33-26(34)23-15-12-20-8-4-5-9-22(20)24(23)37-18-19-10-13-21(14-11-19)38-29(30,31)32/h4-5,8-15,25H,3,6-7,16-18H2,1-2H3,(H,33,34). The van der Waals surface area contributed by atoms with Crippen molar-refractivity contribution in [3.05, 3.63) is 71.8 Å². The van der Waals surface area contributed by atoms with Crippen molar-refractivity contribution in [3.63, 3.8) is 0 Å². The van der Waals surface area contributed by atoms with Gasteiger partial charge in [-0.25, -0.2) is 4.79 Å². The summed E-state index contributed by atoms with van der Waals surface area (Å²) in [5.41, 5.74) is 0.397. The van der Waals surface area contributed by atoms with Gasteiger partial charge in [-0.2, -0.15) is 0 Å². The van der Waals surface area contributed by atoms with Gasteiger partial charge in [-0.15, -0.1) is 13.2 Å². The number of hydrogen-bond acceptors (Lipinski definition) is 5. The summed E-state index contributed by atoms with van der Waals surface area (Å²) in [6, 6.07) is 15.3. The normalized spacial score (nSPS) is 15.9. The van der Waals surface area contributed by atoms with Gasteiger partial charge in [0.25, 0.3) is 5.91 Å². The molecule has 1 saturated carbocycles. The highest BCUT2D eigenvalue weighted by molar-refractivity contribution is 6.05. The number of hydrogen-bond donors (Lipinski definition) is 1. The number of halogens is 3. The zero-order chi connectivity index (χ0) is 27.3. The number of fused-ring (bicyclic) bond motifs is 1. The van der Waals surface area contributed by atoms with Gasteiger partial charge in [-0.05, 0) is 47.4 Å². The smallest absolute Gasteiger partial charge is 0.487 e. The number of esters is 1. The Kier molecular flexibility index (Phi) is 8.14. The average molecular weight is 530 g/mol. The lowest BCUT2D eigenvalue weighted by Crippen LogP contribution is -2.52. The lowest BCUT2D eigenvalue weighted by atomic mass is 9.70. The van der Waals surface area contributed by atoms with E-state index in [1.165, 1.54) is 31.4 Å². The average Bonchev–Trinajstić information content (AvgIpc) is 2.90. The number of carbonyl (C=O) groups is 2. The highest BCUT2D eigenvalue weighted by Gasteiger charge is 2.42. The molecule has 4 rings (SSSR count). The molecular formula is C29H30F3NO5. The zero-order valence-electron chi connectivity index (χ0n) is 21.3. The quantitative estimate of drug-likeness (QED) is 0.335. The van der Waals surface area contributed by atoms with Crippen LogP contribution in [0.1, 0.15) is 54.9 Å².